The van der Waals surface area contributed by atoms with Crippen LogP contribution in [0.1, 0.15) is 25.7 Å². The Morgan fingerprint density at radius 2 is 1.86 bits per heavy atom. The monoisotopic (exact) mass is 309 g/mol. The van der Waals surface area contributed by atoms with E-state index < -0.39 is 15.6 Å². The molecule has 1 amide bonds. The van der Waals surface area contributed by atoms with Crippen molar-refractivity contribution >= 4 is 21.6 Å². The summed E-state index contributed by atoms with van der Waals surface area (Å²) in [5, 5.41) is 2.70. The molecule has 6 nitrogen and oxygen atoms in total. The van der Waals surface area contributed by atoms with Crippen molar-refractivity contribution < 1.29 is 13.2 Å². The van der Waals surface area contributed by atoms with Gasteiger partial charge in [-0.2, -0.15) is 0 Å². The van der Waals surface area contributed by atoms with Gasteiger partial charge >= 0.3 is 0 Å². The molecule has 0 bridgehead atoms. The predicted octanol–water partition coefficient (Wildman–Crippen LogP) is 0.805. The second-order valence-electron chi connectivity index (χ2n) is 5.93. The summed E-state index contributed by atoms with van der Waals surface area (Å²) in [4.78, 5) is 12.0. The molecule has 1 aromatic carbocycles. The quantitative estimate of drug-likeness (QED) is 0.723. The first-order valence-corrected chi connectivity index (χ1v) is 8.57. The lowest BCUT2D eigenvalue weighted by atomic mass is 10.2. The SMILES string of the molecule is NC1(C(=O)Nc2ccc(S(=O)(=O)NCC3CC3)cc2)CC1. The van der Waals surface area contributed by atoms with Crippen LogP contribution in [-0.4, -0.2) is 26.4 Å². The van der Waals surface area contributed by atoms with Crippen LogP contribution in [0.5, 0.6) is 0 Å². The zero-order valence-electron chi connectivity index (χ0n) is 11.6. The van der Waals surface area contributed by atoms with Gasteiger partial charge in [0.25, 0.3) is 0 Å². The summed E-state index contributed by atoms with van der Waals surface area (Å²) in [6.07, 6.45) is 3.56. The first kappa shape index (κ1) is 14.5. The third-order valence-corrected chi connectivity index (χ3v) is 5.36. The van der Waals surface area contributed by atoms with E-state index in [1.165, 1.54) is 12.1 Å². The number of carbonyl (C=O) groups is 1. The number of nitrogens with one attached hydrogen (secondary N) is 2. The Morgan fingerprint density at radius 1 is 1.24 bits per heavy atom. The van der Waals surface area contributed by atoms with Crippen LogP contribution in [0.15, 0.2) is 29.2 Å². The van der Waals surface area contributed by atoms with Gasteiger partial charge in [-0.1, -0.05) is 0 Å². The second-order valence-corrected chi connectivity index (χ2v) is 7.70. The topological polar surface area (TPSA) is 101 Å². The molecule has 7 heteroatoms. The van der Waals surface area contributed by atoms with E-state index in [0.717, 1.165) is 12.8 Å². The smallest absolute Gasteiger partial charge is 0.244 e. The Hall–Kier alpha value is -1.44. The summed E-state index contributed by atoms with van der Waals surface area (Å²) in [7, 11) is -3.46. The Kier molecular flexibility index (Phi) is 3.51. The molecular weight excluding hydrogens is 290 g/mol. The fraction of sp³-hybridized carbons (Fsp3) is 0.500. The standard InChI is InChI=1S/C14H19N3O3S/c15-14(7-8-14)13(18)17-11-3-5-12(6-4-11)21(19,20)16-9-10-1-2-10/h3-6,10,16H,1-2,7-9,15H2,(H,17,18). The molecule has 2 saturated carbocycles. The minimum Gasteiger partial charge on any atom is -0.324 e. The minimum atomic E-state index is -3.46. The number of rotatable bonds is 6. The molecule has 0 radical (unpaired) electrons. The highest BCUT2D eigenvalue weighted by molar-refractivity contribution is 7.89. The number of anilines is 1. The molecule has 0 heterocycles. The van der Waals surface area contributed by atoms with Gasteiger partial charge in [0.05, 0.1) is 10.4 Å². The molecule has 0 saturated heterocycles. The highest BCUT2D eigenvalue weighted by Crippen LogP contribution is 2.33. The van der Waals surface area contributed by atoms with Crippen molar-refractivity contribution in [2.75, 3.05) is 11.9 Å². The molecule has 0 atom stereocenters. The average Bonchev–Trinajstić information content (AvgIpc) is 3.34. The van der Waals surface area contributed by atoms with E-state index in [4.69, 9.17) is 5.73 Å². The van der Waals surface area contributed by atoms with Gasteiger partial charge in [-0.25, -0.2) is 13.1 Å². The molecule has 0 aliphatic heterocycles. The van der Waals surface area contributed by atoms with Crippen molar-refractivity contribution in [3.8, 4) is 0 Å². The number of amides is 1. The number of sulfonamides is 1. The highest BCUT2D eigenvalue weighted by atomic mass is 32.2. The lowest BCUT2D eigenvalue weighted by Gasteiger charge is -2.11. The number of nitrogens with two attached hydrogens (primary N) is 1. The lowest BCUT2D eigenvalue weighted by molar-refractivity contribution is -0.118. The van der Waals surface area contributed by atoms with E-state index >= 15 is 0 Å². The minimum absolute atomic E-state index is 0.204. The predicted molar refractivity (Wildman–Crippen MR) is 79.1 cm³/mol. The summed E-state index contributed by atoms with van der Waals surface area (Å²) in [5.74, 6) is 0.266. The summed E-state index contributed by atoms with van der Waals surface area (Å²) >= 11 is 0. The zero-order valence-corrected chi connectivity index (χ0v) is 12.4. The number of carbonyl (C=O) groups excluding carboxylic acids is 1. The van der Waals surface area contributed by atoms with Gasteiger partial charge in [-0.15, -0.1) is 0 Å². The first-order chi connectivity index (χ1) is 9.89. The number of benzene rings is 1. The molecule has 3 rings (SSSR count). The van der Waals surface area contributed by atoms with Gasteiger partial charge in [-0.3, -0.25) is 4.79 Å². The van der Waals surface area contributed by atoms with Crippen molar-refractivity contribution in [3.63, 3.8) is 0 Å². The molecule has 0 aromatic heterocycles. The summed E-state index contributed by atoms with van der Waals surface area (Å²) < 4.78 is 26.7. The van der Waals surface area contributed by atoms with Crippen LogP contribution in [0.25, 0.3) is 0 Å². The molecule has 21 heavy (non-hydrogen) atoms. The van der Waals surface area contributed by atoms with Crippen LogP contribution in [-0.2, 0) is 14.8 Å². The molecule has 0 spiro atoms. The van der Waals surface area contributed by atoms with Crippen molar-refractivity contribution in [1.82, 2.24) is 4.72 Å². The maximum Gasteiger partial charge on any atom is 0.244 e. The van der Waals surface area contributed by atoms with Gasteiger partial charge in [0, 0.05) is 12.2 Å². The van der Waals surface area contributed by atoms with Gasteiger partial charge in [0.15, 0.2) is 0 Å². The third-order valence-electron chi connectivity index (χ3n) is 3.92. The second kappa shape index (κ2) is 5.08. The summed E-state index contributed by atoms with van der Waals surface area (Å²) in [6, 6.07) is 6.13. The average molecular weight is 309 g/mol. The maximum absolute atomic E-state index is 12.0. The number of hydrogen-bond acceptors (Lipinski definition) is 4. The lowest BCUT2D eigenvalue weighted by Crippen LogP contribution is -2.37. The van der Waals surface area contributed by atoms with Crippen molar-refractivity contribution in [2.24, 2.45) is 11.7 Å². The van der Waals surface area contributed by atoms with Crippen molar-refractivity contribution in [2.45, 2.75) is 36.1 Å². The Labute approximate surface area is 124 Å². The van der Waals surface area contributed by atoms with Gasteiger partial charge in [0.1, 0.15) is 0 Å². The van der Waals surface area contributed by atoms with Gasteiger partial charge < -0.3 is 11.1 Å². The van der Waals surface area contributed by atoms with Crippen LogP contribution in [0.3, 0.4) is 0 Å². The Balaban J connectivity index is 1.64. The largest absolute Gasteiger partial charge is 0.324 e. The van der Waals surface area contributed by atoms with E-state index in [0.29, 0.717) is 31.0 Å². The van der Waals surface area contributed by atoms with Gasteiger partial charge in [-0.05, 0) is 55.9 Å². The Morgan fingerprint density at radius 3 is 2.38 bits per heavy atom. The fourth-order valence-electron chi connectivity index (χ4n) is 1.97. The van der Waals surface area contributed by atoms with E-state index in [2.05, 4.69) is 10.0 Å². The molecular formula is C14H19N3O3S. The van der Waals surface area contributed by atoms with Gasteiger partial charge in [0.2, 0.25) is 15.9 Å². The molecule has 2 aliphatic carbocycles. The third kappa shape index (κ3) is 3.42. The zero-order chi connectivity index (χ0) is 15.1. The van der Waals surface area contributed by atoms with Crippen molar-refractivity contribution in [3.05, 3.63) is 24.3 Å². The Bertz CT molecular complexity index is 647. The number of hydrogen-bond donors (Lipinski definition) is 3. The molecule has 1 aromatic rings. The van der Waals surface area contributed by atoms with E-state index in [1.807, 2.05) is 0 Å². The first-order valence-electron chi connectivity index (χ1n) is 7.09. The van der Waals surface area contributed by atoms with Crippen LogP contribution in [0.2, 0.25) is 0 Å². The van der Waals surface area contributed by atoms with Crippen LogP contribution >= 0.6 is 0 Å². The molecule has 2 aliphatic rings. The molecule has 4 N–H and O–H groups in total. The summed E-state index contributed by atoms with van der Waals surface area (Å²) in [6.45, 7) is 0.497. The highest BCUT2D eigenvalue weighted by Gasteiger charge is 2.45. The maximum atomic E-state index is 12.0. The molecule has 114 valence electrons. The normalized spacial score (nSPS) is 20.0. The van der Waals surface area contributed by atoms with Crippen LogP contribution in [0, 0.1) is 5.92 Å². The van der Waals surface area contributed by atoms with Crippen LogP contribution in [0.4, 0.5) is 5.69 Å². The fourth-order valence-corrected chi connectivity index (χ4v) is 3.08. The van der Waals surface area contributed by atoms with Crippen molar-refractivity contribution in [1.29, 1.82) is 0 Å². The van der Waals surface area contributed by atoms with E-state index in [-0.39, 0.29) is 10.8 Å². The molecule has 0 unspecified atom stereocenters. The van der Waals surface area contributed by atoms with Crippen LogP contribution < -0.4 is 15.8 Å². The summed E-state index contributed by atoms with van der Waals surface area (Å²) in [5.41, 5.74) is 5.61. The van der Waals surface area contributed by atoms with E-state index in [1.54, 1.807) is 12.1 Å². The molecule has 2 fully saturated rings. The van der Waals surface area contributed by atoms with E-state index in [9.17, 15) is 13.2 Å².